The van der Waals surface area contributed by atoms with Crippen LogP contribution in [0.15, 0.2) is 0 Å². The number of rotatable bonds is 4. The molecule has 0 amide bonds. The van der Waals surface area contributed by atoms with Crippen LogP contribution in [0.1, 0.15) is 52.4 Å². The van der Waals surface area contributed by atoms with E-state index >= 15 is 0 Å². The molecule has 0 aromatic carbocycles. The Morgan fingerprint density at radius 2 is 1.93 bits per heavy atom. The third-order valence-electron chi connectivity index (χ3n) is 3.49. The summed E-state index contributed by atoms with van der Waals surface area (Å²) in [5.41, 5.74) is 0.0597. The van der Waals surface area contributed by atoms with Gasteiger partial charge in [-0.25, -0.2) is 0 Å². The van der Waals surface area contributed by atoms with Crippen LogP contribution in [0.5, 0.6) is 0 Å². The molecule has 84 valence electrons. The van der Waals surface area contributed by atoms with Crippen molar-refractivity contribution in [2.75, 3.05) is 7.11 Å². The predicted octanol–water partition coefficient (Wildman–Crippen LogP) is 4.15. The lowest BCUT2D eigenvalue weighted by Gasteiger charge is -2.31. The number of hydrogen-bond donors (Lipinski definition) is 0. The Kier molecular flexibility index (Phi) is 4.92. The fourth-order valence-electron chi connectivity index (χ4n) is 2.12. The highest BCUT2D eigenvalue weighted by molar-refractivity contribution is 9.09. The van der Waals surface area contributed by atoms with E-state index in [-0.39, 0.29) is 5.60 Å². The summed E-state index contributed by atoms with van der Waals surface area (Å²) in [5, 5.41) is 0. The van der Waals surface area contributed by atoms with E-state index in [0.29, 0.717) is 0 Å². The highest BCUT2D eigenvalue weighted by atomic mass is 79.9. The van der Waals surface area contributed by atoms with E-state index in [1.54, 1.807) is 0 Å². The lowest BCUT2D eigenvalue weighted by molar-refractivity contribution is 0.00944. The molecule has 0 aliphatic heterocycles. The summed E-state index contributed by atoms with van der Waals surface area (Å²) in [6.45, 7) is 4.36. The van der Waals surface area contributed by atoms with Gasteiger partial charge in [0.15, 0.2) is 0 Å². The number of hydrogen-bond acceptors (Lipinski definition) is 1. The highest BCUT2D eigenvalue weighted by Gasteiger charge is 2.25. The standard InChI is InChI=1S/C12H23BrO/c1-12(2,14-3)9-8-10-6-4-5-7-11(10)13/h10-11H,4-9H2,1-3H3. The molecule has 0 N–H and O–H groups in total. The first-order valence-corrected chi connectivity index (χ1v) is 6.66. The number of alkyl halides is 1. The minimum absolute atomic E-state index is 0.0597. The third kappa shape index (κ3) is 3.90. The minimum atomic E-state index is 0.0597. The predicted molar refractivity (Wildman–Crippen MR) is 65.0 cm³/mol. The average Bonchev–Trinajstić information content (AvgIpc) is 2.17. The summed E-state index contributed by atoms with van der Waals surface area (Å²) in [6.07, 6.45) is 8.06. The van der Waals surface area contributed by atoms with Crippen LogP contribution >= 0.6 is 15.9 Å². The molecule has 1 fully saturated rings. The number of ether oxygens (including phenoxy) is 1. The fourth-order valence-corrected chi connectivity index (χ4v) is 2.98. The van der Waals surface area contributed by atoms with Crippen LogP contribution in [-0.2, 0) is 4.74 Å². The molecule has 0 aromatic heterocycles. The van der Waals surface area contributed by atoms with E-state index in [4.69, 9.17) is 4.74 Å². The summed E-state index contributed by atoms with van der Waals surface area (Å²) < 4.78 is 5.45. The van der Waals surface area contributed by atoms with Crippen molar-refractivity contribution in [1.82, 2.24) is 0 Å². The Labute approximate surface area is 96.7 Å². The maximum absolute atomic E-state index is 5.45. The molecule has 0 radical (unpaired) electrons. The minimum Gasteiger partial charge on any atom is -0.379 e. The normalized spacial score (nSPS) is 29.1. The molecule has 1 nitrogen and oxygen atoms in total. The topological polar surface area (TPSA) is 9.23 Å². The van der Waals surface area contributed by atoms with E-state index in [1.165, 1.54) is 38.5 Å². The van der Waals surface area contributed by atoms with E-state index in [9.17, 15) is 0 Å². The molecule has 1 aliphatic rings. The van der Waals surface area contributed by atoms with Crippen LogP contribution in [0.25, 0.3) is 0 Å². The zero-order chi connectivity index (χ0) is 10.6. The maximum Gasteiger partial charge on any atom is 0.0622 e. The second-order valence-corrected chi connectivity index (χ2v) is 6.24. The fraction of sp³-hybridized carbons (Fsp3) is 1.00. The Morgan fingerprint density at radius 3 is 2.50 bits per heavy atom. The van der Waals surface area contributed by atoms with Crippen LogP contribution < -0.4 is 0 Å². The van der Waals surface area contributed by atoms with Crippen molar-refractivity contribution in [2.45, 2.75) is 62.8 Å². The van der Waals surface area contributed by atoms with E-state index < -0.39 is 0 Å². The van der Waals surface area contributed by atoms with Gasteiger partial charge in [-0.15, -0.1) is 0 Å². The largest absolute Gasteiger partial charge is 0.379 e. The molecule has 0 aromatic rings. The summed E-state index contributed by atoms with van der Waals surface area (Å²) >= 11 is 3.80. The Bertz CT molecular complexity index is 168. The zero-order valence-electron chi connectivity index (χ0n) is 9.68. The molecule has 2 atom stereocenters. The van der Waals surface area contributed by atoms with Crippen molar-refractivity contribution in [3.8, 4) is 0 Å². The molecule has 2 unspecified atom stereocenters. The van der Waals surface area contributed by atoms with Crippen molar-refractivity contribution < 1.29 is 4.74 Å². The van der Waals surface area contributed by atoms with Gasteiger partial charge in [-0.2, -0.15) is 0 Å². The average molecular weight is 263 g/mol. The number of methoxy groups -OCH3 is 1. The highest BCUT2D eigenvalue weighted by Crippen LogP contribution is 2.34. The second-order valence-electron chi connectivity index (χ2n) is 5.06. The van der Waals surface area contributed by atoms with Crippen LogP contribution in [0.4, 0.5) is 0 Å². The maximum atomic E-state index is 5.45. The first-order valence-electron chi connectivity index (χ1n) is 5.74. The Balaban J connectivity index is 2.29. The number of halogens is 1. The van der Waals surface area contributed by atoms with Crippen molar-refractivity contribution >= 4 is 15.9 Å². The van der Waals surface area contributed by atoms with Crippen LogP contribution in [0.3, 0.4) is 0 Å². The molecule has 0 spiro atoms. The first-order chi connectivity index (χ1) is 6.55. The van der Waals surface area contributed by atoms with Crippen LogP contribution in [0, 0.1) is 5.92 Å². The van der Waals surface area contributed by atoms with E-state index in [0.717, 1.165) is 10.7 Å². The molecule has 0 saturated heterocycles. The quantitative estimate of drug-likeness (QED) is 0.692. The van der Waals surface area contributed by atoms with Gasteiger partial charge in [-0.1, -0.05) is 28.8 Å². The Hall–Kier alpha value is 0.440. The molecule has 14 heavy (non-hydrogen) atoms. The molecule has 1 saturated carbocycles. The SMILES string of the molecule is COC(C)(C)CCC1CCCCC1Br. The summed E-state index contributed by atoms with van der Waals surface area (Å²) in [5.74, 6) is 0.873. The lowest BCUT2D eigenvalue weighted by atomic mass is 9.83. The molecular weight excluding hydrogens is 240 g/mol. The lowest BCUT2D eigenvalue weighted by Crippen LogP contribution is -2.26. The molecule has 1 aliphatic carbocycles. The van der Waals surface area contributed by atoms with Gasteiger partial charge in [0.05, 0.1) is 5.60 Å². The van der Waals surface area contributed by atoms with Crippen LogP contribution in [0.2, 0.25) is 0 Å². The summed E-state index contributed by atoms with van der Waals surface area (Å²) in [4.78, 5) is 0.754. The van der Waals surface area contributed by atoms with Crippen LogP contribution in [-0.4, -0.2) is 17.5 Å². The molecular formula is C12H23BrO. The van der Waals surface area contributed by atoms with E-state index in [2.05, 4.69) is 29.8 Å². The monoisotopic (exact) mass is 262 g/mol. The van der Waals surface area contributed by atoms with E-state index in [1.807, 2.05) is 7.11 Å². The van der Waals surface area contributed by atoms with Gasteiger partial charge in [0.25, 0.3) is 0 Å². The zero-order valence-corrected chi connectivity index (χ0v) is 11.3. The van der Waals surface area contributed by atoms with Crippen molar-refractivity contribution in [3.05, 3.63) is 0 Å². The summed E-state index contributed by atoms with van der Waals surface area (Å²) in [6, 6.07) is 0. The van der Waals surface area contributed by atoms with Gasteiger partial charge in [-0.05, 0) is 45.4 Å². The van der Waals surface area contributed by atoms with Gasteiger partial charge in [0.2, 0.25) is 0 Å². The van der Waals surface area contributed by atoms with Crippen molar-refractivity contribution in [1.29, 1.82) is 0 Å². The summed E-state index contributed by atoms with van der Waals surface area (Å²) in [7, 11) is 1.81. The third-order valence-corrected chi connectivity index (χ3v) is 4.69. The Morgan fingerprint density at radius 1 is 1.29 bits per heavy atom. The van der Waals surface area contributed by atoms with Gasteiger partial charge >= 0.3 is 0 Å². The van der Waals surface area contributed by atoms with Gasteiger partial charge in [-0.3, -0.25) is 0 Å². The smallest absolute Gasteiger partial charge is 0.0622 e. The molecule has 0 heterocycles. The van der Waals surface area contributed by atoms with Gasteiger partial charge < -0.3 is 4.74 Å². The van der Waals surface area contributed by atoms with Gasteiger partial charge in [0.1, 0.15) is 0 Å². The molecule has 1 rings (SSSR count). The first kappa shape index (κ1) is 12.5. The van der Waals surface area contributed by atoms with Crippen molar-refractivity contribution in [2.24, 2.45) is 5.92 Å². The second kappa shape index (κ2) is 5.50. The van der Waals surface area contributed by atoms with Gasteiger partial charge in [0, 0.05) is 11.9 Å². The van der Waals surface area contributed by atoms with Crippen molar-refractivity contribution in [3.63, 3.8) is 0 Å². The molecule has 2 heteroatoms. The molecule has 0 bridgehead atoms.